The van der Waals surface area contributed by atoms with Gasteiger partial charge in [0, 0.05) is 24.8 Å². The first-order valence-electron chi connectivity index (χ1n) is 8.20. The summed E-state index contributed by atoms with van der Waals surface area (Å²) in [6.07, 6.45) is -2.95. The molecule has 0 unspecified atom stereocenters. The number of aromatic nitrogens is 1. The van der Waals surface area contributed by atoms with Gasteiger partial charge in [0.25, 0.3) is 11.8 Å². The predicted molar refractivity (Wildman–Crippen MR) is 84.6 cm³/mol. The van der Waals surface area contributed by atoms with Crippen LogP contribution in [0.1, 0.15) is 19.8 Å². The molecule has 1 amide bonds. The lowest BCUT2D eigenvalue weighted by Gasteiger charge is -2.35. The van der Waals surface area contributed by atoms with Crippen molar-refractivity contribution in [1.29, 1.82) is 0 Å². The van der Waals surface area contributed by atoms with E-state index in [1.807, 2.05) is 18.9 Å². The maximum absolute atomic E-state index is 14.1. The summed E-state index contributed by atoms with van der Waals surface area (Å²) < 4.78 is 73.4. The van der Waals surface area contributed by atoms with Crippen LogP contribution in [0.25, 0.3) is 0 Å². The van der Waals surface area contributed by atoms with E-state index in [1.165, 1.54) is 0 Å². The van der Waals surface area contributed by atoms with Crippen molar-refractivity contribution in [2.24, 2.45) is 0 Å². The Morgan fingerprint density at radius 1 is 1.37 bits per heavy atom. The van der Waals surface area contributed by atoms with Gasteiger partial charge in [-0.15, -0.1) is 13.2 Å². The summed E-state index contributed by atoms with van der Waals surface area (Å²) in [5, 5.41) is 2.27. The van der Waals surface area contributed by atoms with Crippen molar-refractivity contribution in [1.82, 2.24) is 15.2 Å². The van der Waals surface area contributed by atoms with Gasteiger partial charge >= 0.3 is 12.3 Å². The number of pyridine rings is 1. The van der Waals surface area contributed by atoms with Crippen LogP contribution in [0.4, 0.5) is 22.0 Å². The van der Waals surface area contributed by atoms with Gasteiger partial charge in [-0.1, -0.05) is 0 Å². The average Bonchev–Trinajstić information content (AvgIpc) is 2.56. The molecule has 1 aliphatic heterocycles. The number of nitrogens with one attached hydrogen (secondary N) is 1. The topological polar surface area (TPSA) is 63.7 Å². The fourth-order valence-corrected chi connectivity index (χ4v) is 2.62. The number of rotatable bonds is 6. The first-order chi connectivity index (χ1) is 12.5. The molecule has 0 bridgehead atoms. The predicted octanol–water partition coefficient (Wildman–Crippen LogP) is 2.59. The minimum atomic E-state index is -5.04. The molecule has 0 spiro atoms. The smallest absolute Gasteiger partial charge is 0.468 e. The van der Waals surface area contributed by atoms with E-state index in [0.717, 1.165) is 18.3 Å². The van der Waals surface area contributed by atoms with Crippen LogP contribution in [0.3, 0.4) is 0 Å². The van der Waals surface area contributed by atoms with Gasteiger partial charge in [-0.3, -0.25) is 4.79 Å². The molecule has 2 heterocycles. The highest BCUT2D eigenvalue weighted by Crippen LogP contribution is 2.31. The number of piperidine rings is 1. The molecule has 1 aromatic rings. The highest BCUT2D eigenvalue weighted by atomic mass is 19.4. The Morgan fingerprint density at radius 3 is 2.70 bits per heavy atom. The van der Waals surface area contributed by atoms with Crippen molar-refractivity contribution in [3.05, 3.63) is 18.3 Å². The normalized spacial score (nSPS) is 21.6. The van der Waals surface area contributed by atoms with Gasteiger partial charge in [0.1, 0.15) is 0 Å². The Bertz CT molecular complexity index is 656. The third-order valence-corrected chi connectivity index (χ3v) is 4.23. The van der Waals surface area contributed by atoms with Crippen molar-refractivity contribution < 1.29 is 36.2 Å². The number of hydrogen-bond donors (Lipinski definition) is 1. The quantitative estimate of drug-likeness (QED) is 0.748. The zero-order valence-corrected chi connectivity index (χ0v) is 14.7. The van der Waals surface area contributed by atoms with Gasteiger partial charge in [-0.2, -0.15) is 8.78 Å². The number of nitrogens with zero attached hydrogens (tertiary/aromatic N) is 2. The zero-order chi connectivity index (χ0) is 20.2. The van der Waals surface area contributed by atoms with Crippen LogP contribution in [-0.2, 0) is 4.79 Å². The zero-order valence-electron chi connectivity index (χ0n) is 14.7. The molecule has 11 heteroatoms. The molecule has 6 nitrogen and oxygen atoms in total. The number of alkyl halides is 5. The summed E-state index contributed by atoms with van der Waals surface area (Å²) in [7, 11) is 1.90. The Balaban J connectivity index is 1.95. The van der Waals surface area contributed by atoms with E-state index in [1.54, 1.807) is 0 Å². The monoisotopic (exact) mass is 397 g/mol. The van der Waals surface area contributed by atoms with Gasteiger partial charge in [-0.25, -0.2) is 4.98 Å². The van der Waals surface area contributed by atoms with Crippen molar-refractivity contribution in [2.75, 3.05) is 20.2 Å². The molecule has 1 aromatic heterocycles. The molecule has 27 heavy (non-hydrogen) atoms. The molecule has 1 aliphatic rings. The molecule has 152 valence electrons. The molecule has 0 aromatic carbocycles. The fraction of sp³-hybridized carbons (Fsp3) is 0.625. The number of amides is 1. The van der Waals surface area contributed by atoms with Gasteiger partial charge < -0.3 is 19.7 Å². The van der Waals surface area contributed by atoms with E-state index < -0.39 is 42.5 Å². The molecule has 0 aliphatic carbocycles. The van der Waals surface area contributed by atoms with E-state index in [4.69, 9.17) is 0 Å². The lowest BCUT2D eigenvalue weighted by molar-refractivity contribution is -0.275. The Kier molecular flexibility index (Phi) is 6.45. The second-order valence-electron chi connectivity index (χ2n) is 6.37. The van der Waals surface area contributed by atoms with Crippen LogP contribution < -0.4 is 14.8 Å². The summed E-state index contributed by atoms with van der Waals surface area (Å²) in [5.41, 5.74) is 0. The van der Waals surface area contributed by atoms with Crippen molar-refractivity contribution in [2.45, 2.75) is 44.1 Å². The van der Waals surface area contributed by atoms with Crippen molar-refractivity contribution in [3.63, 3.8) is 0 Å². The lowest BCUT2D eigenvalue weighted by Crippen LogP contribution is -2.52. The highest BCUT2D eigenvalue weighted by Gasteiger charge is 2.42. The molecule has 1 saturated heterocycles. The van der Waals surface area contributed by atoms with Crippen LogP contribution >= 0.6 is 0 Å². The minimum absolute atomic E-state index is 0.129. The van der Waals surface area contributed by atoms with Crippen LogP contribution in [0.5, 0.6) is 11.6 Å². The number of halogens is 5. The van der Waals surface area contributed by atoms with Crippen LogP contribution in [0.15, 0.2) is 18.3 Å². The van der Waals surface area contributed by atoms with Crippen molar-refractivity contribution >= 4 is 5.91 Å². The number of ether oxygens (including phenoxy) is 2. The fourth-order valence-electron chi connectivity index (χ4n) is 2.62. The number of carbonyl (C=O) groups is 1. The third kappa shape index (κ3) is 6.19. The first kappa shape index (κ1) is 21.1. The summed E-state index contributed by atoms with van der Waals surface area (Å²) in [4.78, 5) is 17.4. The molecule has 0 saturated carbocycles. The number of hydrogen-bond acceptors (Lipinski definition) is 5. The molecule has 0 radical (unpaired) electrons. The molecule has 1 fully saturated rings. The SMILES string of the molecule is C[C@@H]1C[C@H](NC(=O)C(F)(F)COc2ncccc2OC(F)(F)F)CCN1C. The van der Waals surface area contributed by atoms with E-state index >= 15 is 0 Å². The molecule has 2 atom stereocenters. The van der Waals surface area contributed by atoms with Gasteiger partial charge in [0.2, 0.25) is 0 Å². The highest BCUT2D eigenvalue weighted by molar-refractivity contribution is 5.83. The average molecular weight is 397 g/mol. The van der Waals surface area contributed by atoms with E-state index in [9.17, 15) is 26.7 Å². The Morgan fingerprint density at radius 2 is 2.07 bits per heavy atom. The summed E-state index contributed by atoms with van der Waals surface area (Å²) in [6, 6.07) is 1.71. The van der Waals surface area contributed by atoms with E-state index in [-0.39, 0.29) is 6.04 Å². The molecular weight excluding hydrogens is 377 g/mol. The lowest BCUT2D eigenvalue weighted by atomic mass is 9.99. The van der Waals surface area contributed by atoms with Gasteiger partial charge in [-0.05, 0) is 38.9 Å². The number of likely N-dealkylation sites (tertiary alicyclic amines) is 1. The summed E-state index contributed by atoms with van der Waals surface area (Å²) >= 11 is 0. The molecular formula is C16H20F5N3O3. The minimum Gasteiger partial charge on any atom is -0.468 e. The van der Waals surface area contributed by atoms with E-state index in [0.29, 0.717) is 19.4 Å². The van der Waals surface area contributed by atoms with Crippen LogP contribution in [-0.4, -0.2) is 60.4 Å². The summed E-state index contributed by atoms with van der Waals surface area (Å²) in [6.45, 7) is 1.11. The van der Waals surface area contributed by atoms with Crippen LogP contribution in [0, 0.1) is 0 Å². The maximum Gasteiger partial charge on any atom is 0.573 e. The van der Waals surface area contributed by atoms with E-state index in [2.05, 4.69) is 19.8 Å². The largest absolute Gasteiger partial charge is 0.573 e. The van der Waals surface area contributed by atoms with Gasteiger partial charge in [0.05, 0.1) is 0 Å². The maximum atomic E-state index is 14.1. The summed E-state index contributed by atoms with van der Waals surface area (Å²) in [5.74, 6) is -7.14. The standard InChI is InChI=1S/C16H20F5N3O3/c1-10-8-11(5-7-24(10)2)23-14(25)15(17,18)9-26-13-12(4-3-6-22-13)27-16(19,20)21/h3-4,6,10-11H,5,7-9H2,1-2H3,(H,23,25)/t10-,11-/m1/s1. The van der Waals surface area contributed by atoms with Gasteiger partial charge in [0.15, 0.2) is 12.4 Å². The third-order valence-electron chi connectivity index (χ3n) is 4.23. The van der Waals surface area contributed by atoms with Crippen LogP contribution in [0.2, 0.25) is 0 Å². The Hall–Kier alpha value is -2.17. The second kappa shape index (κ2) is 8.24. The Labute approximate surface area is 152 Å². The molecule has 2 rings (SSSR count). The second-order valence-corrected chi connectivity index (χ2v) is 6.37. The molecule has 1 N–H and O–H groups in total. The van der Waals surface area contributed by atoms with Crippen molar-refractivity contribution in [3.8, 4) is 11.6 Å². The first-order valence-corrected chi connectivity index (χ1v) is 8.20. The number of carbonyl (C=O) groups excluding carboxylic acids is 1.